The molecule has 2 atom stereocenters. The largest absolute Gasteiger partial charge is 0.449 e. The number of nitrogens with one attached hydrogen (secondary N) is 2. The Bertz CT molecular complexity index is 886. The van der Waals surface area contributed by atoms with Crippen LogP contribution in [-0.4, -0.2) is 58.7 Å². The molecule has 1 aliphatic heterocycles. The Balaban J connectivity index is 1.65. The molecular weight excluding hydrogens is 430 g/mol. The van der Waals surface area contributed by atoms with E-state index < -0.39 is 29.6 Å². The molecule has 2 N–H and O–H groups in total. The molecule has 0 aromatic heterocycles. The van der Waals surface area contributed by atoms with Crippen LogP contribution in [0.25, 0.3) is 0 Å². The second kappa shape index (κ2) is 10.4. The summed E-state index contributed by atoms with van der Waals surface area (Å²) >= 11 is 1.27. The van der Waals surface area contributed by atoms with Crippen LogP contribution in [0.1, 0.15) is 63.2 Å². The molecule has 4 amide bonds. The minimum atomic E-state index is -1.07. The van der Waals surface area contributed by atoms with E-state index in [4.69, 9.17) is 4.74 Å². The van der Waals surface area contributed by atoms with Gasteiger partial charge in [-0.1, -0.05) is 31.4 Å². The molecule has 1 saturated heterocycles. The van der Waals surface area contributed by atoms with Gasteiger partial charge in [0.1, 0.15) is 5.54 Å². The van der Waals surface area contributed by atoms with E-state index in [1.807, 2.05) is 11.8 Å². The van der Waals surface area contributed by atoms with Crippen molar-refractivity contribution in [3.63, 3.8) is 0 Å². The van der Waals surface area contributed by atoms with E-state index in [9.17, 15) is 19.2 Å². The predicted molar refractivity (Wildman–Crippen MR) is 121 cm³/mol. The zero-order valence-corrected chi connectivity index (χ0v) is 19.6. The minimum Gasteiger partial charge on any atom is -0.449 e. The average Bonchev–Trinajstić information content (AvgIpc) is 3.05. The highest BCUT2D eigenvalue weighted by molar-refractivity contribution is 7.99. The maximum Gasteiger partial charge on any atom is 0.340 e. The predicted octanol–water partition coefficient (Wildman–Crippen LogP) is 3.10. The third-order valence-electron chi connectivity index (χ3n) is 6.01. The van der Waals surface area contributed by atoms with Crippen LogP contribution < -0.4 is 10.6 Å². The Labute approximate surface area is 192 Å². The number of amides is 4. The smallest absolute Gasteiger partial charge is 0.340 e. The number of imide groups is 1. The minimum absolute atomic E-state index is 0.171. The summed E-state index contributed by atoms with van der Waals surface area (Å²) in [5.74, 6) is -0.916. The van der Waals surface area contributed by atoms with Crippen LogP contribution in [0, 0.1) is 0 Å². The van der Waals surface area contributed by atoms with Crippen molar-refractivity contribution in [3.8, 4) is 0 Å². The Morgan fingerprint density at radius 3 is 2.53 bits per heavy atom. The molecule has 32 heavy (non-hydrogen) atoms. The molecule has 174 valence electrons. The Kier molecular flexibility index (Phi) is 7.82. The fraction of sp³-hybridized carbons (Fsp3) is 0.565. The third-order valence-corrected chi connectivity index (χ3v) is 7.40. The van der Waals surface area contributed by atoms with Gasteiger partial charge in [-0.25, -0.2) is 9.59 Å². The van der Waals surface area contributed by atoms with Crippen molar-refractivity contribution in [3.05, 3.63) is 29.8 Å². The van der Waals surface area contributed by atoms with Gasteiger partial charge >= 0.3 is 12.0 Å². The first-order chi connectivity index (χ1) is 15.2. The summed E-state index contributed by atoms with van der Waals surface area (Å²) in [7, 11) is 0. The molecule has 2 fully saturated rings. The van der Waals surface area contributed by atoms with Crippen LogP contribution in [0.5, 0.6) is 0 Å². The number of thioether (sulfide) groups is 1. The van der Waals surface area contributed by atoms with E-state index in [1.54, 1.807) is 38.1 Å². The lowest BCUT2D eigenvalue weighted by Gasteiger charge is -2.35. The highest BCUT2D eigenvalue weighted by Crippen LogP contribution is 2.29. The first-order valence-electron chi connectivity index (χ1n) is 11.1. The van der Waals surface area contributed by atoms with Crippen molar-refractivity contribution in [2.45, 2.75) is 75.5 Å². The van der Waals surface area contributed by atoms with Crippen LogP contribution in [0.3, 0.4) is 0 Å². The van der Waals surface area contributed by atoms with Gasteiger partial charge in [0.25, 0.3) is 11.8 Å². The van der Waals surface area contributed by atoms with Gasteiger partial charge in [-0.05, 0) is 45.7 Å². The lowest BCUT2D eigenvalue weighted by molar-refractivity contribution is -0.142. The van der Waals surface area contributed by atoms with Crippen LogP contribution >= 0.6 is 11.8 Å². The van der Waals surface area contributed by atoms with Crippen molar-refractivity contribution in [2.24, 2.45) is 0 Å². The molecule has 2 aliphatic rings. The zero-order valence-electron chi connectivity index (χ0n) is 18.8. The van der Waals surface area contributed by atoms with E-state index in [1.165, 1.54) is 18.2 Å². The summed E-state index contributed by atoms with van der Waals surface area (Å²) in [6.07, 6.45) is 4.52. The van der Waals surface area contributed by atoms with Gasteiger partial charge < -0.3 is 15.0 Å². The highest BCUT2D eigenvalue weighted by atomic mass is 32.2. The summed E-state index contributed by atoms with van der Waals surface area (Å²) in [6, 6.07) is 6.57. The topological polar surface area (TPSA) is 105 Å². The van der Waals surface area contributed by atoms with Crippen molar-refractivity contribution in [1.29, 1.82) is 0 Å². The second-order valence-electron chi connectivity index (χ2n) is 8.49. The molecule has 3 rings (SSSR count). The molecule has 9 heteroatoms. The molecule has 0 bridgehead atoms. The second-order valence-corrected chi connectivity index (χ2v) is 9.51. The molecule has 1 saturated carbocycles. The summed E-state index contributed by atoms with van der Waals surface area (Å²) in [4.78, 5) is 51.9. The van der Waals surface area contributed by atoms with E-state index in [-0.39, 0.29) is 17.7 Å². The number of carbonyl (C=O) groups is 4. The van der Waals surface area contributed by atoms with Crippen LogP contribution in [0.4, 0.5) is 4.79 Å². The van der Waals surface area contributed by atoms with E-state index >= 15 is 0 Å². The molecule has 1 aromatic rings. The van der Waals surface area contributed by atoms with E-state index in [0.717, 1.165) is 25.7 Å². The molecule has 1 aromatic carbocycles. The Morgan fingerprint density at radius 1 is 1.22 bits per heavy atom. The number of esters is 1. The van der Waals surface area contributed by atoms with Crippen molar-refractivity contribution in [2.75, 3.05) is 12.3 Å². The first kappa shape index (κ1) is 24.1. The van der Waals surface area contributed by atoms with Crippen LogP contribution in [0.2, 0.25) is 0 Å². The van der Waals surface area contributed by atoms with Gasteiger partial charge in [-0.3, -0.25) is 14.9 Å². The number of urea groups is 1. The van der Waals surface area contributed by atoms with Gasteiger partial charge in [0.15, 0.2) is 6.10 Å². The van der Waals surface area contributed by atoms with Crippen molar-refractivity contribution in [1.82, 2.24) is 15.5 Å². The zero-order chi connectivity index (χ0) is 23.3. The molecule has 0 unspecified atom stereocenters. The fourth-order valence-electron chi connectivity index (χ4n) is 4.16. The normalized spacial score (nSPS) is 22.1. The number of benzene rings is 1. The molecule has 1 aliphatic carbocycles. The van der Waals surface area contributed by atoms with E-state index in [0.29, 0.717) is 17.0 Å². The summed E-state index contributed by atoms with van der Waals surface area (Å²) < 4.78 is 5.56. The number of hydrogen-bond acceptors (Lipinski definition) is 6. The summed E-state index contributed by atoms with van der Waals surface area (Å²) in [5, 5.41) is 4.84. The van der Waals surface area contributed by atoms with Crippen LogP contribution in [0.15, 0.2) is 29.2 Å². The molecule has 1 heterocycles. The summed E-state index contributed by atoms with van der Waals surface area (Å²) in [6.45, 7) is 5.78. The quantitative estimate of drug-likeness (QED) is 0.350. The average molecular weight is 462 g/mol. The molecule has 0 spiro atoms. The van der Waals surface area contributed by atoms with Crippen molar-refractivity contribution >= 4 is 35.6 Å². The molecule has 8 nitrogen and oxygen atoms in total. The first-order valence-corrected chi connectivity index (χ1v) is 12.1. The number of carbonyl (C=O) groups excluding carboxylic acids is 4. The Morgan fingerprint density at radius 2 is 1.91 bits per heavy atom. The SMILES string of the molecule is CCN(C(=O)[C@H](C)OC(=O)c1ccccc1SC[C@]1(C)NC(=O)NC1=O)C1CCCCC1. The van der Waals surface area contributed by atoms with Gasteiger partial charge in [0.05, 0.1) is 5.56 Å². The van der Waals surface area contributed by atoms with Crippen molar-refractivity contribution < 1.29 is 23.9 Å². The maximum atomic E-state index is 13.0. The third kappa shape index (κ3) is 5.43. The van der Waals surface area contributed by atoms with Gasteiger partial charge in [0, 0.05) is 23.2 Å². The standard InChI is InChI=1S/C23H31N3O5S/c1-4-26(16-10-6-5-7-11-16)19(27)15(2)31-20(28)17-12-8-9-13-18(17)32-14-23(3)21(29)24-22(30)25-23/h8-9,12-13,15-16H,4-7,10-11,14H2,1-3H3,(H2,24,25,29,30)/t15-,23-/m0/s1. The van der Waals surface area contributed by atoms with Gasteiger partial charge in [-0.15, -0.1) is 11.8 Å². The number of hydrogen-bond donors (Lipinski definition) is 2. The summed E-state index contributed by atoms with van der Waals surface area (Å²) in [5.41, 5.74) is -0.741. The number of likely N-dealkylation sites (N-methyl/N-ethyl adjacent to an activating group) is 1. The monoisotopic (exact) mass is 461 g/mol. The lowest BCUT2D eigenvalue weighted by Crippen LogP contribution is -2.46. The molecule has 0 radical (unpaired) electrons. The highest BCUT2D eigenvalue weighted by Gasteiger charge is 2.42. The van der Waals surface area contributed by atoms with Crippen LogP contribution in [-0.2, 0) is 14.3 Å². The fourth-order valence-corrected chi connectivity index (χ4v) is 5.29. The maximum absolute atomic E-state index is 13.0. The Hall–Kier alpha value is -2.55. The number of nitrogens with zero attached hydrogens (tertiary/aromatic N) is 1. The number of rotatable bonds is 8. The lowest BCUT2D eigenvalue weighted by atomic mass is 9.94. The molecular formula is C23H31N3O5S. The van der Waals surface area contributed by atoms with Gasteiger partial charge in [-0.2, -0.15) is 0 Å². The number of ether oxygens (including phenoxy) is 1. The van der Waals surface area contributed by atoms with Gasteiger partial charge in [0.2, 0.25) is 0 Å². The van der Waals surface area contributed by atoms with E-state index in [2.05, 4.69) is 10.6 Å².